The van der Waals surface area contributed by atoms with Crippen molar-refractivity contribution in [3.05, 3.63) is 93.5 Å². The van der Waals surface area contributed by atoms with Crippen LogP contribution in [-0.4, -0.2) is 41.6 Å². The van der Waals surface area contributed by atoms with E-state index in [4.69, 9.17) is 0 Å². The Kier molecular flexibility index (Phi) is 7.38. The lowest BCUT2D eigenvalue weighted by Crippen LogP contribution is -2.47. The summed E-state index contributed by atoms with van der Waals surface area (Å²) in [6, 6.07) is 19.8. The third kappa shape index (κ3) is 5.68. The van der Waals surface area contributed by atoms with Crippen molar-refractivity contribution in [2.45, 2.75) is 48.1 Å². The Bertz CT molecular complexity index is 1080. The van der Waals surface area contributed by atoms with E-state index in [1.54, 1.807) is 0 Å². The topological polar surface area (TPSA) is 30.3 Å². The number of aryl methyl sites for hydroxylation is 6. The Hall–Kier alpha value is -3.11. The first-order valence-electron chi connectivity index (χ1n) is 12.4. The van der Waals surface area contributed by atoms with E-state index in [1.807, 2.05) is 0 Å². The molecule has 1 saturated heterocycles. The first-order valence-corrected chi connectivity index (χ1v) is 12.4. The van der Waals surface area contributed by atoms with Gasteiger partial charge in [-0.25, -0.2) is 10.6 Å². The largest absolute Gasteiger partial charge is 0.355 e. The summed E-state index contributed by atoms with van der Waals surface area (Å²) in [6.45, 7) is 18.2. The van der Waals surface area contributed by atoms with Crippen LogP contribution in [0.25, 0.3) is 0 Å². The van der Waals surface area contributed by atoms with Crippen LogP contribution in [0.1, 0.15) is 38.9 Å². The number of piperazine rings is 1. The second-order valence-electron chi connectivity index (χ2n) is 9.89. The summed E-state index contributed by atoms with van der Waals surface area (Å²) in [5.74, 6) is 1.07. The SMILES string of the molecule is Cc1cc(C)c(NC(Nc2c(C)cc(C)cc2C)=[N+]2CCN(Cc3ccccc3)CC2)c(C)c1. The first-order chi connectivity index (χ1) is 16.3. The molecule has 0 unspecified atom stereocenters. The van der Waals surface area contributed by atoms with Crippen LogP contribution >= 0.6 is 0 Å². The number of rotatable bonds is 4. The zero-order chi connectivity index (χ0) is 24.2. The first kappa shape index (κ1) is 24.0. The molecule has 0 aliphatic carbocycles. The van der Waals surface area contributed by atoms with Crippen LogP contribution in [0.2, 0.25) is 0 Å². The average Bonchev–Trinajstić information content (AvgIpc) is 2.78. The number of guanidine groups is 1. The summed E-state index contributed by atoms with van der Waals surface area (Å²) < 4.78 is 2.47. The van der Waals surface area contributed by atoms with Crippen LogP contribution in [-0.2, 0) is 6.54 Å². The number of nitrogens with one attached hydrogen (secondary N) is 2. The number of hydrogen-bond donors (Lipinski definition) is 2. The smallest absolute Gasteiger partial charge is 0.293 e. The average molecular weight is 456 g/mol. The highest BCUT2D eigenvalue weighted by molar-refractivity contribution is 6.02. The molecule has 3 aromatic rings. The van der Waals surface area contributed by atoms with E-state index in [0.29, 0.717) is 0 Å². The Balaban J connectivity index is 1.62. The molecule has 0 spiro atoms. The molecule has 0 radical (unpaired) electrons. The summed E-state index contributed by atoms with van der Waals surface area (Å²) in [7, 11) is 0. The number of benzene rings is 3. The molecule has 1 aliphatic heterocycles. The molecular formula is C30H39N4+. The minimum Gasteiger partial charge on any atom is -0.293 e. The minimum absolute atomic E-state index is 0.982. The van der Waals surface area contributed by atoms with Crippen molar-refractivity contribution in [2.24, 2.45) is 0 Å². The molecule has 2 N–H and O–H groups in total. The molecule has 0 aromatic heterocycles. The molecule has 0 bridgehead atoms. The number of nitrogens with zero attached hydrogens (tertiary/aromatic N) is 2. The van der Waals surface area contributed by atoms with Crippen molar-refractivity contribution in [1.29, 1.82) is 0 Å². The molecule has 0 atom stereocenters. The van der Waals surface area contributed by atoms with Crippen molar-refractivity contribution in [1.82, 2.24) is 4.90 Å². The van der Waals surface area contributed by atoms with E-state index in [1.165, 1.54) is 50.3 Å². The van der Waals surface area contributed by atoms with E-state index < -0.39 is 0 Å². The summed E-state index contributed by atoms with van der Waals surface area (Å²) in [5, 5.41) is 7.62. The predicted molar refractivity (Wildman–Crippen MR) is 145 cm³/mol. The van der Waals surface area contributed by atoms with E-state index >= 15 is 0 Å². The minimum atomic E-state index is 0.982. The molecule has 0 amide bonds. The summed E-state index contributed by atoms with van der Waals surface area (Å²) in [4.78, 5) is 2.55. The maximum absolute atomic E-state index is 3.81. The Morgan fingerprint density at radius 1 is 0.706 bits per heavy atom. The van der Waals surface area contributed by atoms with Gasteiger partial charge in [-0.15, -0.1) is 0 Å². The van der Waals surface area contributed by atoms with Gasteiger partial charge in [0.25, 0.3) is 0 Å². The lowest BCUT2D eigenvalue weighted by Gasteiger charge is -2.29. The molecule has 1 aliphatic rings. The van der Waals surface area contributed by atoms with Gasteiger partial charge in [-0.3, -0.25) is 9.48 Å². The predicted octanol–water partition coefficient (Wildman–Crippen LogP) is 5.95. The molecule has 4 heteroatoms. The standard InChI is InChI=1S/C30H38N4/c1-21-16-23(3)28(24(4)17-21)31-30(32-29-25(5)18-22(2)19-26(29)6)34-14-12-33(13-15-34)20-27-10-8-7-9-11-27/h7-11,16-19H,12-15,20H2,1-6H3,(H,31,32)/p+1. The van der Waals surface area contributed by atoms with Crippen molar-refractivity contribution in [3.8, 4) is 0 Å². The lowest BCUT2D eigenvalue weighted by molar-refractivity contribution is -0.540. The fourth-order valence-corrected chi connectivity index (χ4v) is 5.15. The second kappa shape index (κ2) is 10.4. The van der Waals surface area contributed by atoms with Crippen LogP contribution < -0.4 is 10.6 Å². The number of anilines is 2. The van der Waals surface area contributed by atoms with Crippen molar-refractivity contribution < 1.29 is 4.58 Å². The van der Waals surface area contributed by atoms with E-state index in [-0.39, 0.29) is 0 Å². The third-order valence-electron chi connectivity index (χ3n) is 6.78. The molecular weight excluding hydrogens is 416 g/mol. The van der Waals surface area contributed by atoms with Crippen LogP contribution in [0, 0.1) is 41.5 Å². The summed E-state index contributed by atoms with van der Waals surface area (Å²) >= 11 is 0. The van der Waals surface area contributed by atoms with Gasteiger partial charge in [0.15, 0.2) is 0 Å². The van der Waals surface area contributed by atoms with E-state index in [0.717, 1.165) is 38.7 Å². The van der Waals surface area contributed by atoms with Crippen LogP contribution in [0.15, 0.2) is 54.6 Å². The fourth-order valence-electron chi connectivity index (χ4n) is 5.15. The zero-order valence-corrected chi connectivity index (χ0v) is 21.6. The van der Waals surface area contributed by atoms with Crippen molar-refractivity contribution >= 4 is 17.3 Å². The molecule has 1 fully saturated rings. The van der Waals surface area contributed by atoms with Gasteiger partial charge in [0.1, 0.15) is 11.4 Å². The van der Waals surface area contributed by atoms with Gasteiger partial charge in [0.2, 0.25) is 0 Å². The van der Waals surface area contributed by atoms with Gasteiger partial charge in [0, 0.05) is 19.6 Å². The lowest BCUT2D eigenvalue weighted by atomic mass is 10.0. The van der Waals surface area contributed by atoms with Gasteiger partial charge < -0.3 is 0 Å². The van der Waals surface area contributed by atoms with Gasteiger partial charge >= 0.3 is 5.96 Å². The van der Waals surface area contributed by atoms with E-state index in [2.05, 4.69) is 116 Å². The highest BCUT2D eigenvalue weighted by Crippen LogP contribution is 2.25. The summed E-state index contributed by atoms with van der Waals surface area (Å²) in [6.07, 6.45) is 0. The highest BCUT2D eigenvalue weighted by Gasteiger charge is 2.23. The molecule has 4 rings (SSSR count). The normalized spacial score (nSPS) is 14.2. The Morgan fingerprint density at radius 3 is 1.59 bits per heavy atom. The zero-order valence-electron chi connectivity index (χ0n) is 21.6. The third-order valence-corrected chi connectivity index (χ3v) is 6.78. The van der Waals surface area contributed by atoms with Crippen LogP contribution in [0.5, 0.6) is 0 Å². The second-order valence-corrected chi connectivity index (χ2v) is 9.89. The van der Waals surface area contributed by atoms with Crippen molar-refractivity contribution in [2.75, 3.05) is 36.8 Å². The maximum atomic E-state index is 3.81. The van der Waals surface area contributed by atoms with Gasteiger partial charge in [-0.1, -0.05) is 65.7 Å². The van der Waals surface area contributed by atoms with Gasteiger partial charge in [-0.2, -0.15) is 0 Å². The molecule has 1 heterocycles. The maximum Gasteiger partial charge on any atom is 0.355 e. The molecule has 3 aromatic carbocycles. The van der Waals surface area contributed by atoms with Gasteiger partial charge in [0.05, 0.1) is 13.1 Å². The molecule has 34 heavy (non-hydrogen) atoms. The van der Waals surface area contributed by atoms with E-state index in [9.17, 15) is 0 Å². The Labute approximate surface area is 205 Å². The molecule has 0 saturated carbocycles. The van der Waals surface area contributed by atoms with Gasteiger partial charge in [-0.05, 0) is 69.4 Å². The van der Waals surface area contributed by atoms with Crippen molar-refractivity contribution in [3.63, 3.8) is 0 Å². The Morgan fingerprint density at radius 2 is 1.15 bits per heavy atom. The summed E-state index contributed by atoms with van der Waals surface area (Å²) in [5.41, 5.74) is 11.5. The highest BCUT2D eigenvalue weighted by atomic mass is 15.3. The van der Waals surface area contributed by atoms with Crippen LogP contribution in [0.3, 0.4) is 0 Å². The molecule has 4 nitrogen and oxygen atoms in total. The molecule has 178 valence electrons. The monoisotopic (exact) mass is 455 g/mol. The quantitative estimate of drug-likeness (QED) is 0.377. The van der Waals surface area contributed by atoms with Crippen LogP contribution in [0.4, 0.5) is 11.4 Å². The number of hydrogen-bond acceptors (Lipinski definition) is 1. The fraction of sp³-hybridized carbons (Fsp3) is 0.367.